The molecule has 130 valence electrons. The van der Waals surface area contributed by atoms with E-state index in [1.165, 1.54) is 0 Å². The fourth-order valence-electron chi connectivity index (χ4n) is 3.17. The second kappa shape index (κ2) is 5.54. The molecule has 2 aromatic rings. The van der Waals surface area contributed by atoms with Crippen LogP contribution in [0, 0.1) is 11.3 Å². The van der Waals surface area contributed by atoms with Gasteiger partial charge in [-0.1, -0.05) is 12.1 Å². The minimum atomic E-state index is -0.593. The molecule has 4 rings (SSSR count). The molecule has 0 aliphatic carbocycles. The molecule has 1 aromatic carbocycles. The summed E-state index contributed by atoms with van der Waals surface area (Å²) in [5.41, 5.74) is 1.04. The highest BCUT2D eigenvalue weighted by Crippen LogP contribution is 2.37. The van der Waals surface area contributed by atoms with Crippen molar-refractivity contribution in [2.75, 3.05) is 13.2 Å². The van der Waals surface area contributed by atoms with Crippen LogP contribution in [0.2, 0.25) is 0 Å². The molecule has 2 saturated heterocycles. The van der Waals surface area contributed by atoms with E-state index in [1.54, 1.807) is 10.7 Å². The van der Waals surface area contributed by atoms with Gasteiger partial charge in [-0.05, 0) is 33.8 Å². The Morgan fingerprint density at radius 1 is 1.28 bits per heavy atom. The van der Waals surface area contributed by atoms with Gasteiger partial charge < -0.3 is 14.0 Å². The molecule has 1 unspecified atom stereocenters. The van der Waals surface area contributed by atoms with Crippen LogP contribution in [0.5, 0.6) is 0 Å². The van der Waals surface area contributed by atoms with E-state index in [-0.39, 0.29) is 0 Å². The summed E-state index contributed by atoms with van der Waals surface area (Å²) in [6.07, 6.45) is -0.395. The molecular weight excluding hydrogens is 319 g/mol. The highest BCUT2D eigenvalue weighted by Gasteiger charge is 2.53. The first-order valence-electron chi connectivity index (χ1n) is 8.46. The number of fused-ring (bicyclic) bond motifs is 1. The highest BCUT2D eigenvalue weighted by molar-refractivity contribution is 6.64. The van der Waals surface area contributed by atoms with E-state index in [2.05, 4.69) is 11.4 Å². The first-order chi connectivity index (χ1) is 11.8. The van der Waals surface area contributed by atoms with E-state index >= 15 is 0 Å². The van der Waals surface area contributed by atoms with Gasteiger partial charge in [-0.15, -0.1) is 0 Å². The van der Waals surface area contributed by atoms with Gasteiger partial charge >= 0.3 is 7.12 Å². The van der Waals surface area contributed by atoms with E-state index < -0.39 is 24.7 Å². The van der Waals surface area contributed by atoms with E-state index in [1.807, 2.05) is 39.8 Å². The van der Waals surface area contributed by atoms with Gasteiger partial charge in [0.05, 0.1) is 28.9 Å². The maximum Gasteiger partial charge on any atom is 0.517 e. The second-order valence-electron chi connectivity index (χ2n) is 7.41. The Morgan fingerprint density at radius 3 is 2.60 bits per heavy atom. The third-order valence-electron chi connectivity index (χ3n) is 5.27. The molecular formula is C17H21BN4O3. The topological polar surface area (TPSA) is 81.3 Å². The van der Waals surface area contributed by atoms with E-state index in [9.17, 15) is 5.26 Å². The normalized spacial score (nSPS) is 24.8. The molecule has 7 nitrogen and oxygen atoms in total. The fourth-order valence-corrected chi connectivity index (χ4v) is 3.17. The van der Waals surface area contributed by atoms with Gasteiger partial charge in [-0.2, -0.15) is 10.4 Å². The van der Waals surface area contributed by atoms with Crippen LogP contribution in [0.15, 0.2) is 18.2 Å². The Kier molecular flexibility index (Phi) is 3.67. The lowest BCUT2D eigenvalue weighted by Gasteiger charge is -2.32. The number of nitriles is 1. The minimum absolute atomic E-state index is 0.395. The van der Waals surface area contributed by atoms with Crippen molar-refractivity contribution in [3.05, 3.63) is 23.8 Å². The smallest absolute Gasteiger partial charge is 0.398 e. The lowest BCUT2D eigenvalue weighted by Crippen LogP contribution is -2.41. The van der Waals surface area contributed by atoms with E-state index in [0.29, 0.717) is 17.8 Å². The van der Waals surface area contributed by atoms with Crippen LogP contribution in [0.1, 0.15) is 39.6 Å². The van der Waals surface area contributed by atoms with Crippen molar-refractivity contribution in [2.45, 2.75) is 45.2 Å². The van der Waals surface area contributed by atoms with Crippen molar-refractivity contribution in [2.24, 2.45) is 0 Å². The fraction of sp³-hybridized carbons (Fsp3) is 0.529. The molecule has 2 aliphatic heterocycles. The van der Waals surface area contributed by atoms with Crippen LogP contribution >= 0.6 is 0 Å². The van der Waals surface area contributed by atoms with Crippen molar-refractivity contribution in [1.29, 1.82) is 5.26 Å². The number of ether oxygens (including phenoxy) is 1. The number of para-hydroxylation sites is 1. The third kappa shape index (κ3) is 2.47. The Labute approximate surface area is 147 Å². The number of aromatic nitrogens is 2. The molecule has 2 fully saturated rings. The number of benzene rings is 1. The average molecular weight is 340 g/mol. The zero-order valence-corrected chi connectivity index (χ0v) is 14.9. The average Bonchev–Trinajstić information content (AvgIpc) is 3.24. The van der Waals surface area contributed by atoms with Crippen molar-refractivity contribution in [3.8, 4) is 6.07 Å². The van der Waals surface area contributed by atoms with E-state index in [4.69, 9.17) is 19.1 Å². The molecule has 0 radical (unpaired) electrons. The van der Waals surface area contributed by atoms with Gasteiger partial charge in [0.25, 0.3) is 0 Å². The number of nitrogens with zero attached hydrogens (tertiary/aromatic N) is 3. The molecule has 1 atom stereocenters. The molecule has 1 N–H and O–H groups in total. The zero-order chi connectivity index (χ0) is 17.8. The van der Waals surface area contributed by atoms with Crippen LogP contribution < -0.4 is 10.9 Å². The number of rotatable bonds is 2. The van der Waals surface area contributed by atoms with Gasteiger partial charge in [0.2, 0.25) is 6.35 Å². The summed E-state index contributed by atoms with van der Waals surface area (Å²) in [7, 11) is -0.593. The predicted molar refractivity (Wildman–Crippen MR) is 93.2 cm³/mol. The minimum Gasteiger partial charge on any atom is -0.398 e. The SMILES string of the molecule is CC1(C)OB(c2nn(C3NCCO3)c3c(C#N)cccc23)OC1(C)C. The van der Waals surface area contributed by atoms with Crippen LogP contribution in [0.4, 0.5) is 0 Å². The molecule has 0 saturated carbocycles. The Balaban J connectivity index is 1.87. The predicted octanol–water partition coefficient (Wildman–Crippen LogP) is 1.28. The summed E-state index contributed by atoms with van der Waals surface area (Å²) in [6, 6.07) is 7.82. The van der Waals surface area contributed by atoms with Gasteiger partial charge in [0, 0.05) is 11.9 Å². The molecule has 1 aromatic heterocycles. The molecule has 0 amide bonds. The molecule has 8 heteroatoms. The van der Waals surface area contributed by atoms with Gasteiger partial charge in [0.15, 0.2) is 0 Å². The van der Waals surface area contributed by atoms with Gasteiger partial charge in [0.1, 0.15) is 11.7 Å². The van der Waals surface area contributed by atoms with Crippen LogP contribution in [-0.4, -0.2) is 41.3 Å². The number of hydrogen-bond acceptors (Lipinski definition) is 6. The first kappa shape index (κ1) is 16.5. The van der Waals surface area contributed by atoms with Gasteiger partial charge in [-0.3, -0.25) is 5.32 Å². The highest BCUT2D eigenvalue weighted by atomic mass is 16.7. The summed E-state index contributed by atoms with van der Waals surface area (Å²) < 4.78 is 19.8. The maximum atomic E-state index is 9.53. The van der Waals surface area contributed by atoms with Crippen LogP contribution in [0.25, 0.3) is 10.9 Å². The third-order valence-corrected chi connectivity index (χ3v) is 5.27. The second-order valence-corrected chi connectivity index (χ2v) is 7.41. The lowest BCUT2D eigenvalue weighted by molar-refractivity contribution is 0.00578. The largest absolute Gasteiger partial charge is 0.517 e. The van der Waals surface area contributed by atoms with Crippen LogP contribution in [-0.2, 0) is 14.0 Å². The summed E-state index contributed by atoms with van der Waals surface area (Å²) in [4.78, 5) is 0. The first-order valence-corrected chi connectivity index (χ1v) is 8.46. The Bertz CT molecular complexity index is 849. The van der Waals surface area contributed by atoms with Crippen molar-refractivity contribution < 1.29 is 14.0 Å². The van der Waals surface area contributed by atoms with Crippen molar-refractivity contribution in [1.82, 2.24) is 15.1 Å². The molecule has 3 heterocycles. The Hall–Kier alpha value is -1.92. The number of hydrogen-bond donors (Lipinski definition) is 1. The summed E-state index contributed by atoms with van der Waals surface area (Å²) in [6.45, 7) is 9.38. The summed E-state index contributed by atoms with van der Waals surface area (Å²) in [5, 5.41) is 18.3. The standard InChI is InChI=1S/C17H21BN4O3/c1-16(2)17(3,4)25-18(24-16)14-12-7-5-6-11(10-19)13(12)22(21-14)15-20-8-9-23-15/h5-7,15,20H,8-9H2,1-4H3. The Morgan fingerprint density at radius 2 is 2.00 bits per heavy atom. The van der Waals surface area contributed by atoms with Crippen molar-refractivity contribution >= 4 is 23.6 Å². The molecule has 0 spiro atoms. The molecule has 25 heavy (non-hydrogen) atoms. The number of nitrogens with one attached hydrogen (secondary N) is 1. The maximum absolute atomic E-state index is 9.53. The van der Waals surface area contributed by atoms with E-state index in [0.717, 1.165) is 17.4 Å². The monoisotopic (exact) mass is 340 g/mol. The quantitative estimate of drug-likeness (QED) is 0.830. The van der Waals surface area contributed by atoms with Crippen molar-refractivity contribution in [3.63, 3.8) is 0 Å². The zero-order valence-electron chi connectivity index (χ0n) is 14.9. The summed E-state index contributed by atoms with van der Waals surface area (Å²) >= 11 is 0. The molecule has 2 aliphatic rings. The summed E-state index contributed by atoms with van der Waals surface area (Å²) in [5.74, 6) is 0. The lowest BCUT2D eigenvalue weighted by atomic mass is 9.82. The molecule has 0 bridgehead atoms. The van der Waals surface area contributed by atoms with Gasteiger partial charge in [-0.25, -0.2) is 4.68 Å². The van der Waals surface area contributed by atoms with Crippen LogP contribution in [0.3, 0.4) is 0 Å².